The Morgan fingerprint density at radius 3 is 2.75 bits per heavy atom. The minimum atomic E-state index is -0.0235. The second kappa shape index (κ2) is 5.45. The second-order valence-corrected chi connectivity index (χ2v) is 6.64. The standard InChI is InChI=1S/C15H25N3O2/c1-4-18(12-7-8-19-15(2,3)9-12)10-13-16-14(17-20-13)11-5-6-11/h11-12H,4-10H2,1-3H3. The summed E-state index contributed by atoms with van der Waals surface area (Å²) in [6, 6.07) is 0.542. The predicted molar refractivity (Wildman–Crippen MR) is 75.4 cm³/mol. The van der Waals surface area contributed by atoms with Crippen LogP contribution in [0.25, 0.3) is 0 Å². The number of aromatic nitrogens is 2. The van der Waals surface area contributed by atoms with Crippen LogP contribution in [0.5, 0.6) is 0 Å². The second-order valence-electron chi connectivity index (χ2n) is 6.64. The molecule has 1 aromatic heterocycles. The molecule has 2 aliphatic rings. The lowest BCUT2D eigenvalue weighted by atomic mass is 9.93. The van der Waals surface area contributed by atoms with Crippen LogP contribution in [0.4, 0.5) is 0 Å². The van der Waals surface area contributed by atoms with Crippen molar-refractivity contribution >= 4 is 0 Å². The van der Waals surface area contributed by atoms with Crippen molar-refractivity contribution in [1.82, 2.24) is 15.0 Å². The molecule has 0 spiro atoms. The molecule has 1 unspecified atom stereocenters. The molecular formula is C15H25N3O2. The molecule has 1 aromatic rings. The van der Waals surface area contributed by atoms with Crippen molar-refractivity contribution in [3.8, 4) is 0 Å². The van der Waals surface area contributed by atoms with Crippen LogP contribution in [0.3, 0.4) is 0 Å². The van der Waals surface area contributed by atoms with Crippen LogP contribution in [0, 0.1) is 0 Å². The van der Waals surface area contributed by atoms with Gasteiger partial charge in [-0.2, -0.15) is 4.98 Å². The molecule has 1 aliphatic carbocycles. The van der Waals surface area contributed by atoms with E-state index in [0.29, 0.717) is 12.0 Å². The first-order valence-electron chi connectivity index (χ1n) is 7.78. The molecule has 1 aliphatic heterocycles. The van der Waals surface area contributed by atoms with Gasteiger partial charge in [-0.3, -0.25) is 4.90 Å². The smallest absolute Gasteiger partial charge is 0.240 e. The summed E-state index contributed by atoms with van der Waals surface area (Å²) >= 11 is 0. The minimum absolute atomic E-state index is 0.0235. The Hall–Kier alpha value is -0.940. The van der Waals surface area contributed by atoms with Crippen molar-refractivity contribution in [2.24, 2.45) is 0 Å². The third-order valence-electron chi connectivity index (χ3n) is 4.36. The van der Waals surface area contributed by atoms with Crippen LogP contribution in [-0.2, 0) is 11.3 Å². The SMILES string of the molecule is CCN(Cc1nc(C2CC2)no1)C1CCOC(C)(C)C1. The van der Waals surface area contributed by atoms with E-state index in [0.717, 1.165) is 44.3 Å². The zero-order valence-corrected chi connectivity index (χ0v) is 12.8. The lowest BCUT2D eigenvalue weighted by molar-refractivity contribution is -0.0848. The number of hydrogen-bond acceptors (Lipinski definition) is 5. The summed E-state index contributed by atoms with van der Waals surface area (Å²) < 4.78 is 11.2. The van der Waals surface area contributed by atoms with Crippen LogP contribution in [0.2, 0.25) is 0 Å². The molecule has 112 valence electrons. The van der Waals surface area contributed by atoms with Crippen LogP contribution in [0.1, 0.15) is 64.1 Å². The molecule has 1 saturated carbocycles. The number of hydrogen-bond donors (Lipinski definition) is 0. The van der Waals surface area contributed by atoms with E-state index in [1.54, 1.807) is 0 Å². The van der Waals surface area contributed by atoms with Gasteiger partial charge in [0.25, 0.3) is 0 Å². The molecule has 1 atom stereocenters. The molecule has 3 rings (SSSR count). The van der Waals surface area contributed by atoms with Crippen molar-refractivity contribution in [2.45, 2.75) is 70.6 Å². The van der Waals surface area contributed by atoms with E-state index in [-0.39, 0.29) is 5.60 Å². The van der Waals surface area contributed by atoms with Crippen molar-refractivity contribution in [1.29, 1.82) is 0 Å². The van der Waals surface area contributed by atoms with Gasteiger partial charge in [0.2, 0.25) is 5.89 Å². The Balaban J connectivity index is 1.63. The van der Waals surface area contributed by atoms with E-state index in [9.17, 15) is 0 Å². The maximum absolute atomic E-state index is 5.81. The van der Waals surface area contributed by atoms with Crippen LogP contribution in [-0.4, -0.2) is 39.8 Å². The van der Waals surface area contributed by atoms with E-state index in [1.165, 1.54) is 12.8 Å². The summed E-state index contributed by atoms with van der Waals surface area (Å²) in [7, 11) is 0. The highest BCUT2D eigenvalue weighted by Gasteiger charge is 2.33. The van der Waals surface area contributed by atoms with Gasteiger partial charge in [-0.05, 0) is 46.1 Å². The highest BCUT2D eigenvalue weighted by molar-refractivity contribution is 5.03. The van der Waals surface area contributed by atoms with Gasteiger partial charge in [-0.1, -0.05) is 12.1 Å². The average Bonchev–Trinajstić information content (AvgIpc) is 3.15. The van der Waals surface area contributed by atoms with Crippen molar-refractivity contribution in [3.63, 3.8) is 0 Å². The van der Waals surface area contributed by atoms with Crippen LogP contribution in [0.15, 0.2) is 4.52 Å². The van der Waals surface area contributed by atoms with E-state index in [4.69, 9.17) is 9.26 Å². The maximum atomic E-state index is 5.81. The monoisotopic (exact) mass is 279 g/mol. The fourth-order valence-electron chi connectivity index (χ4n) is 3.02. The van der Waals surface area contributed by atoms with E-state index in [2.05, 4.69) is 35.8 Å². The zero-order chi connectivity index (χ0) is 14.2. The fourth-order valence-corrected chi connectivity index (χ4v) is 3.02. The molecule has 0 radical (unpaired) electrons. The molecule has 0 aromatic carbocycles. The Bertz CT molecular complexity index is 454. The molecule has 0 N–H and O–H groups in total. The average molecular weight is 279 g/mol. The molecular weight excluding hydrogens is 254 g/mol. The summed E-state index contributed by atoms with van der Waals surface area (Å²) in [5.74, 6) is 2.23. The minimum Gasteiger partial charge on any atom is -0.375 e. The molecule has 2 heterocycles. The Morgan fingerprint density at radius 2 is 2.10 bits per heavy atom. The first-order valence-corrected chi connectivity index (χ1v) is 7.78. The maximum Gasteiger partial charge on any atom is 0.240 e. The van der Waals surface area contributed by atoms with Gasteiger partial charge in [0.05, 0.1) is 12.1 Å². The number of rotatable bonds is 5. The third-order valence-corrected chi connectivity index (χ3v) is 4.36. The summed E-state index contributed by atoms with van der Waals surface area (Å²) in [6.07, 6.45) is 4.57. The van der Waals surface area contributed by atoms with Gasteiger partial charge in [0, 0.05) is 18.6 Å². The molecule has 0 bridgehead atoms. The van der Waals surface area contributed by atoms with E-state index < -0.39 is 0 Å². The third kappa shape index (κ3) is 3.20. The normalized spacial score (nSPS) is 26.1. The molecule has 20 heavy (non-hydrogen) atoms. The largest absolute Gasteiger partial charge is 0.375 e. The summed E-state index contributed by atoms with van der Waals surface area (Å²) in [6.45, 7) is 9.14. The first kappa shape index (κ1) is 14.0. The number of nitrogens with zero attached hydrogens (tertiary/aromatic N) is 3. The van der Waals surface area contributed by atoms with Gasteiger partial charge in [-0.15, -0.1) is 0 Å². The predicted octanol–water partition coefficient (Wildman–Crippen LogP) is 2.73. The van der Waals surface area contributed by atoms with E-state index in [1.807, 2.05) is 0 Å². The first-order chi connectivity index (χ1) is 9.57. The van der Waals surface area contributed by atoms with Crippen molar-refractivity contribution < 1.29 is 9.26 Å². The van der Waals surface area contributed by atoms with Gasteiger partial charge in [0.15, 0.2) is 5.82 Å². The zero-order valence-electron chi connectivity index (χ0n) is 12.8. The van der Waals surface area contributed by atoms with Gasteiger partial charge in [-0.25, -0.2) is 0 Å². The quantitative estimate of drug-likeness (QED) is 0.829. The lowest BCUT2D eigenvalue weighted by Crippen LogP contribution is -2.45. The lowest BCUT2D eigenvalue weighted by Gasteiger charge is -2.40. The van der Waals surface area contributed by atoms with Crippen LogP contribution >= 0.6 is 0 Å². The van der Waals surface area contributed by atoms with Crippen molar-refractivity contribution in [2.75, 3.05) is 13.2 Å². The molecule has 5 heteroatoms. The summed E-state index contributed by atoms with van der Waals surface area (Å²) in [5, 5.41) is 4.10. The van der Waals surface area contributed by atoms with Crippen LogP contribution < -0.4 is 0 Å². The molecule has 5 nitrogen and oxygen atoms in total. The summed E-state index contributed by atoms with van der Waals surface area (Å²) in [5.41, 5.74) is -0.0235. The van der Waals surface area contributed by atoms with Gasteiger partial charge >= 0.3 is 0 Å². The van der Waals surface area contributed by atoms with Crippen molar-refractivity contribution in [3.05, 3.63) is 11.7 Å². The van der Waals surface area contributed by atoms with E-state index >= 15 is 0 Å². The Labute approximate surface area is 120 Å². The Morgan fingerprint density at radius 1 is 1.30 bits per heavy atom. The topological polar surface area (TPSA) is 51.4 Å². The highest BCUT2D eigenvalue weighted by Crippen LogP contribution is 2.38. The molecule has 1 saturated heterocycles. The molecule has 0 amide bonds. The Kier molecular flexibility index (Phi) is 3.82. The fraction of sp³-hybridized carbons (Fsp3) is 0.867. The molecule has 2 fully saturated rings. The van der Waals surface area contributed by atoms with Gasteiger partial charge < -0.3 is 9.26 Å². The van der Waals surface area contributed by atoms with Gasteiger partial charge in [0.1, 0.15) is 0 Å². The summed E-state index contributed by atoms with van der Waals surface area (Å²) in [4.78, 5) is 6.98. The number of ether oxygens (including phenoxy) is 1. The highest BCUT2D eigenvalue weighted by atomic mass is 16.5.